The quantitative estimate of drug-likeness (QED) is 0.808. The minimum absolute atomic E-state index is 0.0374. The van der Waals surface area contributed by atoms with Crippen molar-refractivity contribution >= 4 is 0 Å². The predicted molar refractivity (Wildman–Crippen MR) is 82.8 cm³/mol. The van der Waals surface area contributed by atoms with Crippen molar-refractivity contribution in [3.8, 4) is 17.0 Å². The first-order valence-electron chi connectivity index (χ1n) is 7.70. The summed E-state index contributed by atoms with van der Waals surface area (Å²) in [6, 6.07) is 5.80. The number of nitrogens with zero attached hydrogens (tertiary/aromatic N) is 1. The van der Waals surface area contributed by atoms with Gasteiger partial charge in [0.2, 0.25) is 5.60 Å². The standard InChI is InChI=1S/C17H15F5N2O2/c18-6-10-7-26-15-12(10)5-13(16(25,8-23)17(20,21)22)24-14(15)9-1-3-11(19)4-2-9/h1-5,10,25H,6-8,23H2/t10?,16-/m0/s1. The van der Waals surface area contributed by atoms with E-state index < -0.39 is 42.4 Å². The Balaban J connectivity index is 2.25. The van der Waals surface area contributed by atoms with E-state index in [0.29, 0.717) is 0 Å². The Bertz CT molecular complexity index is 810. The average Bonchev–Trinajstić information content (AvgIpc) is 3.03. The number of ether oxygens (including phenoxy) is 1. The summed E-state index contributed by atoms with van der Waals surface area (Å²) in [7, 11) is 0. The van der Waals surface area contributed by atoms with Crippen molar-refractivity contribution in [3.63, 3.8) is 0 Å². The molecule has 0 spiro atoms. The molecule has 0 amide bonds. The summed E-state index contributed by atoms with van der Waals surface area (Å²) < 4.78 is 72.0. The molecule has 1 aromatic carbocycles. The maximum atomic E-state index is 13.4. The summed E-state index contributed by atoms with van der Waals surface area (Å²) in [6.45, 7) is -2.09. The van der Waals surface area contributed by atoms with Crippen LogP contribution in [0.25, 0.3) is 11.3 Å². The first-order chi connectivity index (χ1) is 12.2. The fraction of sp³-hybridized carbons (Fsp3) is 0.353. The molecular weight excluding hydrogens is 359 g/mol. The Morgan fingerprint density at radius 1 is 1.23 bits per heavy atom. The van der Waals surface area contributed by atoms with Gasteiger partial charge < -0.3 is 15.6 Å². The van der Waals surface area contributed by atoms with Crippen LogP contribution in [0.4, 0.5) is 22.0 Å². The zero-order valence-corrected chi connectivity index (χ0v) is 13.4. The van der Waals surface area contributed by atoms with E-state index >= 15 is 0 Å². The molecule has 3 rings (SSSR count). The van der Waals surface area contributed by atoms with Crippen molar-refractivity contribution in [2.24, 2.45) is 5.73 Å². The molecule has 0 aliphatic carbocycles. The maximum absolute atomic E-state index is 13.4. The molecule has 2 heterocycles. The molecule has 9 heteroatoms. The molecule has 1 aliphatic heterocycles. The van der Waals surface area contributed by atoms with Crippen LogP contribution in [0.1, 0.15) is 17.2 Å². The molecule has 0 bridgehead atoms. The Kier molecular flexibility index (Phi) is 4.61. The second kappa shape index (κ2) is 6.48. The van der Waals surface area contributed by atoms with Gasteiger partial charge in [-0.05, 0) is 30.3 Å². The summed E-state index contributed by atoms with van der Waals surface area (Å²) in [4.78, 5) is 3.90. The van der Waals surface area contributed by atoms with Crippen molar-refractivity contribution in [2.45, 2.75) is 17.7 Å². The Morgan fingerprint density at radius 3 is 2.42 bits per heavy atom. The highest BCUT2D eigenvalue weighted by atomic mass is 19.4. The third-order valence-electron chi connectivity index (χ3n) is 4.36. The van der Waals surface area contributed by atoms with Gasteiger partial charge in [-0.2, -0.15) is 13.2 Å². The second-order valence-electron chi connectivity index (χ2n) is 6.01. The monoisotopic (exact) mass is 374 g/mol. The second-order valence-corrected chi connectivity index (χ2v) is 6.01. The van der Waals surface area contributed by atoms with Gasteiger partial charge in [-0.15, -0.1) is 0 Å². The Hall–Kier alpha value is -2.26. The first-order valence-corrected chi connectivity index (χ1v) is 7.70. The molecule has 2 atom stereocenters. The predicted octanol–water partition coefficient (Wildman–Crippen LogP) is 3.04. The molecule has 1 aromatic heterocycles. The van der Waals surface area contributed by atoms with Gasteiger partial charge in [0.05, 0.1) is 24.9 Å². The Labute approximate surface area is 145 Å². The maximum Gasteiger partial charge on any atom is 0.424 e. The lowest BCUT2D eigenvalue weighted by Crippen LogP contribution is -2.49. The number of hydrogen-bond donors (Lipinski definition) is 2. The topological polar surface area (TPSA) is 68.4 Å². The van der Waals surface area contributed by atoms with Crippen molar-refractivity contribution in [1.82, 2.24) is 4.98 Å². The van der Waals surface area contributed by atoms with E-state index in [1.54, 1.807) is 0 Å². The number of alkyl halides is 4. The van der Waals surface area contributed by atoms with Gasteiger partial charge in [0.1, 0.15) is 17.3 Å². The minimum Gasteiger partial charge on any atom is -0.490 e. The van der Waals surface area contributed by atoms with E-state index in [4.69, 9.17) is 10.5 Å². The van der Waals surface area contributed by atoms with Crippen LogP contribution in [0, 0.1) is 5.82 Å². The highest BCUT2D eigenvalue weighted by molar-refractivity contribution is 5.70. The third-order valence-corrected chi connectivity index (χ3v) is 4.36. The Morgan fingerprint density at radius 2 is 1.88 bits per heavy atom. The van der Waals surface area contributed by atoms with E-state index in [1.165, 1.54) is 12.1 Å². The molecule has 1 unspecified atom stereocenters. The first kappa shape index (κ1) is 18.5. The highest BCUT2D eigenvalue weighted by Gasteiger charge is 2.56. The van der Waals surface area contributed by atoms with Crippen LogP contribution in [0.2, 0.25) is 0 Å². The lowest BCUT2D eigenvalue weighted by Gasteiger charge is -2.29. The van der Waals surface area contributed by atoms with Gasteiger partial charge >= 0.3 is 6.18 Å². The zero-order valence-electron chi connectivity index (χ0n) is 13.4. The summed E-state index contributed by atoms with van der Waals surface area (Å²) in [5.74, 6) is -1.22. The smallest absolute Gasteiger partial charge is 0.424 e. The summed E-state index contributed by atoms with van der Waals surface area (Å²) >= 11 is 0. The van der Waals surface area contributed by atoms with E-state index in [0.717, 1.165) is 18.2 Å². The number of nitrogens with two attached hydrogens (primary N) is 1. The van der Waals surface area contributed by atoms with Crippen LogP contribution < -0.4 is 10.5 Å². The summed E-state index contributed by atoms with van der Waals surface area (Å²) in [6.07, 6.45) is -5.09. The molecule has 0 radical (unpaired) electrons. The van der Waals surface area contributed by atoms with Gasteiger partial charge in [-0.25, -0.2) is 9.37 Å². The number of aliphatic hydroxyl groups is 1. The molecule has 140 valence electrons. The lowest BCUT2D eigenvalue weighted by molar-refractivity contribution is -0.263. The fourth-order valence-corrected chi connectivity index (χ4v) is 2.79. The van der Waals surface area contributed by atoms with Crippen molar-refractivity contribution < 1.29 is 31.8 Å². The van der Waals surface area contributed by atoms with Gasteiger partial charge in [-0.3, -0.25) is 4.39 Å². The van der Waals surface area contributed by atoms with Gasteiger partial charge in [0.15, 0.2) is 0 Å². The average molecular weight is 374 g/mol. The fourth-order valence-electron chi connectivity index (χ4n) is 2.79. The molecular formula is C17H15F5N2O2. The molecule has 1 aliphatic rings. The van der Waals surface area contributed by atoms with Crippen LogP contribution >= 0.6 is 0 Å². The van der Waals surface area contributed by atoms with E-state index in [-0.39, 0.29) is 29.2 Å². The van der Waals surface area contributed by atoms with Crippen LogP contribution in [0.3, 0.4) is 0 Å². The molecule has 3 N–H and O–H groups in total. The summed E-state index contributed by atoms with van der Waals surface area (Å²) in [5.41, 5.74) is 1.42. The molecule has 26 heavy (non-hydrogen) atoms. The number of hydrogen-bond acceptors (Lipinski definition) is 4. The van der Waals surface area contributed by atoms with Crippen molar-refractivity contribution in [3.05, 3.63) is 47.4 Å². The zero-order chi connectivity index (χ0) is 19.1. The summed E-state index contributed by atoms with van der Waals surface area (Å²) in [5, 5.41) is 10.1. The molecule has 4 nitrogen and oxygen atoms in total. The van der Waals surface area contributed by atoms with Crippen LogP contribution in [0.5, 0.6) is 5.75 Å². The SMILES string of the molecule is NC[C@](O)(c1cc2c(c(-c3ccc(F)cc3)n1)OCC2CF)C(F)(F)F. The van der Waals surface area contributed by atoms with Crippen LogP contribution in [-0.4, -0.2) is 36.1 Å². The number of halogens is 5. The minimum atomic E-state index is -5.09. The van der Waals surface area contributed by atoms with E-state index in [2.05, 4.69) is 4.98 Å². The number of aromatic nitrogens is 1. The molecule has 0 saturated carbocycles. The largest absolute Gasteiger partial charge is 0.490 e. The number of pyridine rings is 1. The highest BCUT2D eigenvalue weighted by Crippen LogP contribution is 2.45. The number of rotatable bonds is 4. The van der Waals surface area contributed by atoms with E-state index in [9.17, 15) is 27.1 Å². The normalized spacial score (nSPS) is 19.0. The number of fused-ring (bicyclic) bond motifs is 1. The number of benzene rings is 1. The van der Waals surface area contributed by atoms with Crippen LogP contribution in [0.15, 0.2) is 30.3 Å². The molecule has 0 saturated heterocycles. The third kappa shape index (κ3) is 2.90. The van der Waals surface area contributed by atoms with Gasteiger partial charge in [0, 0.05) is 17.7 Å². The molecule has 0 fully saturated rings. The van der Waals surface area contributed by atoms with Crippen molar-refractivity contribution in [1.29, 1.82) is 0 Å². The lowest BCUT2D eigenvalue weighted by atomic mass is 9.92. The van der Waals surface area contributed by atoms with Crippen molar-refractivity contribution in [2.75, 3.05) is 19.8 Å². The van der Waals surface area contributed by atoms with Gasteiger partial charge in [-0.1, -0.05) is 0 Å². The van der Waals surface area contributed by atoms with Gasteiger partial charge in [0.25, 0.3) is 0 Å². The van der Waals surface area contributed by atoms with Crippen LogP contribution in [-0.2, 0) is 5.60 Å². The van der Waals surface area contributed by atoms with E-state index in [1.807, 2.05) is 0 Å². The molecule has 2 aromatic rings.